The molecule has 88 valence electrons. The van der Waals surface area contributed by atoms with Crippen LogP contribution in [-0.4, -0.2) is 7.05 Å². The van der Waals surface area contributed by atoms with Gasteiger partial charge in [0.2, 0.25) is 0 Å². The molecule has 0 spiro atoms. The van der Waals surface area contributed by atoms with Gasteiger partial charge in [-0.15, -0.1) is 4.91 Å². The first-order valence-corrected chi connectivity index (χ1v) is 5.54. The molecule has 0 fully saturated rings. The van der Waals surface area contributed by atoms with Crippen LogP contribution in [0.2, 0.25) is 0 Å². The quantitative estimate of drug-likeness (QED) is 0.455. The highest BCUT2D eigenvalue weighted by Gasteiger charge is 2.03. The molecule has 3 heteroatoms. The summed E-state index contributed by atoms with van der Waals surface area (Å²) in [6.07, 6.45) is 0. The summed E-state index contributed by atoms with van der Waals surface area (Å²) in [6.45, 7) is 0. The van der Waals surface area contributed by atoms with Crippen LogP contribution < -0.4 is 5.01 Å². The SMILES string of the molecule is CN(N=O)c1ccccc1C#Cc1ccccc1. The van der Waals surface area contributed by atoms with E-state index in [0.29, 0.717) is 5.69 Å². The maximum atomic E-state index is 10.6. The smallest absolute Gasteiger partial charge is 0.0779 e. The zero-order valence-electron chi connectivity index (χ0n) is 10.00. The minimum Gasteiger partial charge on any atom is -0.231 e. The Labute approximate surface area is 106 Å². The molecule has 2 rings (SSSR count). The van der Waals surface area contributed by atoms with Crippen LogP contribution in [0.4, 0.5) is 5.69 Å². The molecule has 3 nitrogen and oxygen atoms in total. The molecule has 0 amide bonds. The third-order valence-corrected chi connectivity index (χ3v) is 2.49. The Morgan fingerprint density at radius 1 is 0.944 bits per heavy atom. The zero-order chi connectivity index (χ0) is 12.8. The molecule has 0 heterocycles. The van der Waals surface area contributed by atoms with E-state index in [-0.39, 0.29) is 0 Å². The van der Waals surface area contributed by atoms with Crippen molar-refractivity contribution in [2.75, 3.05) is 12.1 Å². The number of hydrogen-bond acceptors (Lipinski definition) is 2. The third-order valence-electron chi connectivity index (χ3n) is 2.49. The van der Waals surface area contributed by atoms with Crippen LogP contribution in [0, 0.1) is 16.7 Å². The fourth-order valence-electron chi connectivity index (χ4n) is 1.57. The number of hydrogen-bond donors (Lipinski definition) is 0. The van der Waals surface area contributed by atoms with Crippen molar-refractivity contribution in [2.45, 2.75) is 0 Å². The average molecular weight is 236 g/mol. The molecule has 0 aliphatic carbocycles. The first-order chi connectivity index (χ1) is 8.81. The van der Waals surface area contributed by atoms with Gasteiger partial charge in [0.15, 0.2) is 0 Å². The summed E-state index contributed by atoms with van der Waals surface area (Å²) in [6, 6.07) is 17.1. The van der Waals surface area contributed by atoms with Gasteiger partial charge in [0.1, 0.15) is 0 Å². The van der Waals surface area contributed by atoms with Gasteiger partial charge in [0, 0.05) is 12.6 Å². The molecule has 0 atom stereocenters. The van der Waals surface area contributed by atoms with E-state index in [9.17, 15) is 4.91 Å². The normalized spacial score (nSPS) is 9.17. The lowest BCUT2D eigenvalue weighted by molar-refractivity contribution is 1.00. The second-order valence-electron chi connectivity index (χ2n) is 3.74. The Morgan fingerprint density at radius 2 is 1.61 bits per heavy atom. The highest BCUT2D eigenvalue weighted by Crippen LogP contribution is 2.18. The van der Waals surface area contributed by atoms with Crippen molar-refractivity contribution in [3.8, 4) is 11.8 Å². The molecular weight excluding hydrogens is 224 g/mol. The average Bonchev–Trinajstić information content (AvgIpc) is 2.45. The summed E-state index contributed by atoms with van der Waals surface area (Å²) in [5.41, 5.74) is 2.42. The molecule has 2 aromatic carbocycles. The number of para-hydroxylation sites is 1. The van der Waals surface area contributed by atoms with Crippen LogP contribution in [0.25, 0.3) is 0 Å². The number of nitrogens with zero attached hydrogens (tertiary/aromatic N) is 2. The van der Waals surface area contributed by atoms with E-state index in [2.05, 4.69) is 17.1 Å². The van der Waals surface area contributed by atoms with Crippen LogP contribution in [0.3, 0.4) is 0 Å². The Hall–Kier alpha value is -2.60. The molecule has 2 aromatic rings. The van der Waals surface area contributed by atoms with E-state index < -0.39 is 0 Å². The summed E-state index contributed by atoms with van der Waals surface area (Å²) in [7, 11) is 1.61. The molecule has 0 radical (unpaired) electrons. The summed E-state index contributed by atoms with van der Waals surface area (Å²) in [5, 5.41) is 4.16. The summed E-state index contributed by atoms with van der Waals surface area (Å²) in [4.78, 5) is 10.6. The van der Waals surface area contributed by atoms with Crippen LogP contribution in [0.1, 0.15) is 11.1 Å². The summed E-state index contributed by atoms with van der Waals surface area (Å²) in [5.74, 6) is 6.11. The van der Waals surface area contributed by atoms with Crippen LogP contribution in [-0.2, 0) is 0 Å². The van der Waals surface area contributed by atoms with Gasteiger partial charge >= 0.3 is 0 Å². The number of anilines is 1. The van der Waals surface area contributed by atoms with Crippen LogP contribution in [0.5, 0.6) is 0 Å². The predicted molar refractivity (Wildman–Crippen MR) is 73.1 cm³/mol. The molecule has 0 saturated carbocycles. The number of nitroso groups, excluding NO2 is 1. The summed E-state index contributed by atoms with van der Waals surface area (Å²) < 4.78 is 0. The second kappa shape index (κ2) is 5.65. The van der Waals surface area contributed by atoms with Gasteiger partial charge in [-0.3, -0.25) is 0 Å². The van der Waals surface area contributed by atoms with Crippen LogP contribution >= 0.6 is 0 Å². The van der Waals surface area contributed by atoms with Gasteiger partial charge in [-0.25, -0.2) is 5.01 Å². The highest BCUT2D eigenvalue weighted by molar-refractivity contribution is 5.60. The van der Waals surface area contributed by atoms with Gasteiger partial charge < -0.3 is 0 Å². The molecule has 0 unspecified atom stereocenters. The second-order valence-corrected chi connectivity index (χ2v) is 3.74. The Bertz CT molecular complexity index is 597. The van der Waals surface area contributed by atoms with Gasteiger partial charge in [0.25, 0.3) is 0 Å². The number of benzene rings is 2. The van der Waals surface area contributed by atoms with E-state index in [1.807, 2.05) is 54.6 Å². The maximum absolute atomic E-state index is 10.6. The standard InChI is InChI=1S/C15H12N2O/c1-17(16-18)15-10-6-5-9-14(15)12-11-13-7-3-2-4-8-13/h2-10H,1H3. The first-order valence-electron chi connectivity index (χ1n) is 5.54. The van der Waals surface area contributed by atoms with E-state index >= 15 is 0 Å². The van der Waals surface area contributed by atoms with Crippen molar-refractivity contribution in [1.29, 1.82) is 0 Å². The summed E-state index contributed by atoms with van der Waals surface area (Å²) >= 11 is 0. The lowest BCUT2D eigenvalue weighted by Crippen LogP contribution is -2.08. The van der Waals surface area contributed by atoms with Gasteiger partial charge in [0.05, 0.1) is 16.5 Å². The van der Waals surface area contributed by atoms with Crippen LogP contribution in [0.15, 0.2) is 59.9 Å². The van der Waals surface area contributed by atoms with Crippen molar-refractivity contribution >= 4 is 5.69 Å². The molecule has 0 saturated heterocycles. The van der Waals surface area contributed by atoms with Gasteiger partial charge in [-0.1, -0.05) is 42.2 Å². The zero-order valence-corrected chi connectivity index (χ0v) is 10.00. The van der Waals surface area contributed by atoms with E-state index in [0.717, 1.165) is 11.1 Å². The molecular formula is C15H12N2O. The Kier molecular flexibility index (Phi) is 3.72. The minimum atomic E-state index is 0.705. The van der Waals surface area contributed by atoms with Crippen molar-refractivity contribution in [3.63, 3.8) is 0 Å². The number of rotatable bonds is 2. The predicted octanol–water partition coefficient (Wildman–Crippen LogP) is 3.20. The molecule has 0 aromatic heterocycles. The first kappa shape index (κ1) is 11.9. The van der Waals surface area contributed by atoms with E-state index in [1.165, 1.54) is 5.01 Å². The monoisotopic (exact) mass is 236 g/mol. The third kappa shape index (κ3) is 2.74. The van der Waals surface area contributed by atoms with Crippen molar-refractivity contribution in [2.24, 2.45) is 5.29 Å². The Balaban J connectivity index is 2.36. The largest absolute Gasteiger partial charge is 0.231 e. The maximum Gasteiger partial charge on any atom is 0.0779 e. The lowest BCUT2D eigenvalue weighted by atomic mass is 10.1. The fourth-order valence-corrected chi connectivity index (χ4v) is 1.57. The molecule has 0 bridgehead atoms. The van der Waals surface area contributed by atoms with Gasteiger partial charge in [-0.05, 0) is 24.3 Å². The highest BCUT2D eigenvalue weighted by atomic mass is 16.3. The topological polar surface area (TPSA) is 32.7 Å². The van der Waals surface area contributed by atoms with E-state index in [1.54, 1.807) is 7.05 Å². The molecule has 0 N–H and O–H groups in total. The molecule has 0 aliphatic heterocycles. The fraction of sp³-hybridized carbons (Fsp3) is 0.0667. The van der Waals surface area contributed by atoms with Crippen molar-refractivity contribution in [1.82, 2.24) is 0 Å². The van der Waals surface area contributed by atoms with Crippen molar-refractivity contribution < 1.29 is 0 Å². The molecule has 0 aliphatic rings. The molecule has 18 heavy (non-hydrogen) atoms. The Morgan fingerprint density at radius 3 is 2.33 bits per heavy atom. The van der Waals surface area contributed by atoms with Gasteiger partial charge in [-0.2, -0.15) is 0 Å². The minimum absolute atomic E-state index is 0.705. The van der Waals surface area contributed by atoms with E-state index in [4.69, 9.17) is 0 Å². The lowest BCUT2D eigenvalue weighted by Gasteiger charge is -2.09. The van der Waals surface area contributed by atoms with Crippen molar-refractivity contribution in [3.05, 3.63) is 70.6 Å².